The molecule has 0 atom stereocenters. The van der Waals surface area contributed by atoms with E-state index in [1.165, 1.54) is 0 Å². The van der Waals surface area contributed by atoms with Crippen LogP contribution in [-0.4, -0.2) is 19.5 Å². The second-order valence-corrected chi connectivity index (χ2v) is 6.83. The smallest absolute Gasteiger partial charge is 0.219 e. The van der Waals surface area contributed by atoms with E-state index in [2.05, 4.69) is 11.1 Å². The average molecular weight is 392 g/mol. The number of hydrogen-bond donors (Lipinski definition) is 1. The topological polar surface area (TPSA) is 87.4 Å². The van der Waals surface area contributed by atoms with Crippen molar-refractivity contribution in [1.29, 1.82) is 5.26 Å². The van der Waals surface area contributed by atoms with E-state index in [9.17, 15) is 10.4 Å². The second kappa shape index (κ2) is 7.22. The van der Waals surface area contributed by atoms with E-state index in [4.69, 9.17) is 9.40 Å². The molecule has 144 valence electrons. The third-order valence-corrected chi connectivity index (χ3v) is 4.94. The van der Waals surface area contributed by atoms with Crippen LogP contribution in [0.15, 0.2) is 83.6 Å². The monoisotopic (exact) mass is 392 g/mol. The Kier molecular flexibility index (Phi) is 4.26. The lowest BCUT2D eigenvalue weighted by atomic mass is 10.0. The Morgan fingerprint density at radius 1 is 0.967 bits per heavy atom. The van der Waals surface area contributed by atoms with E-state index in [1.807, 2.05) is 54.6 Å². The molecule has 0 saturated carbocycles. The molecule has 0 spiro atoms. The summed E-state index contributed by atoms with van der Waals surface area (Å²) in [7, 11) is 0. The summed E-state index contributed by atoms with van der Waals surface area (Å²) in [6, 6.07) is 22.8. The maximum atomic E-state index is 10.9. The quantitative estimate of drug-likeness (QED) is 0.474. The molecule has 0 unspecified atom stereocenters. The molecule has 1 N–H and O–H groups in total. The number of fused-ring (bicyclic) bond motifs is 1. The van der Waals surface area contributed by atoms with Gasteiger partial charge >= 0.3 is 0 Å². The molecule has 6 heteroatoms. The second-order valence-electron chi connectivity index (χ2n) is 6.83. The number of furan rings is 1. The van der Waals surface area contributed by atoms with E-state index in [-0.39, 0.29) is 5.88 Å². The molecule has 0 fully saturated rings. The molecule has 3 heterocycles. The van der Waals surface area contributed by atoms with E-state index in [0.717, 1.165) is 5.56 Å². The predicted octanol–water partition coefficient (Wildman–Crippen LogP) is 4.82. The summed E-state index contributed by atoms with van der Waals surface area (Å²) in [4.78, 5) is 9.49. The van der Waals surface area contributed by atoms with Crippen LogP contribution in [0.2, 0.25) is 0 Å². The summed E-state index contributed by atoms with van der Waals surface area (Å²) in [6.45, 7) is 0. The molecule has 0 aliphatic rings. The van der Waals surface area contributed by atoms with Crippen molar-refractivity contribution < 1.29 is 9.52 Å². The average Bonchev–Trinajstić information content (AvgIpc) is 3.42. The predicted molar refractivity (Wildman–Crippen MR) is 112 cm³/mol. The molecule has 0 aliphatic carbocycles. The Hall–Kier alpha value is -4.37. The maximum Gasteiger partial charge on any atom is 0.219 e. The Morgan fingerprint density at radius 2 is 1.77 bits per heavy atom. The van der Waals surface area contributed by atoms with Gasteiger partial charge in [0.25, 0.3) is 0 Å². The zero-order valence-corrected chi connectivity index (χ0v) is 15.9. The number of rotatable bonds is 4. The molecule has 0 bridgehead atoms. The van der Waals surface area contributed by atoms with Crippen molar-refractivity contribution in [1.82, 2.24) is 14.4 Å². The van der Waals surface area contributed by atoms with Gasteiger partial charge in [-0.15, -0.1) is 0 Å². The van der Waals surface area contributed by atoms with Gasteiger partial charge in [0, 0.05) is 17.3 Å². The molecule has 6 nitrogen and oxygen atoms in total. The van der Waals surface area contributed by atoms with Crippen LogP contribution in [0.5, 0.6) is 5.88 Å². The van der Waals surface area contributed by atoms with Gasteiger partial charge in [0.1, 0.15) is 17.1 Å². The first-order valence-corrected chi connectivity index (χ1v) is 9.43. The summed E-state index contributed by atoms with van der Waals surface area (Å²) in [5, 5.41) is 20.5. The van der Waals surface area contributed by atoms with Crippen LogP contribution in [0.3, 0.4) is 0 Å². The van der Waals surface area contributed by atoms with Crippen molar-refractivity contribution in [2.45, 2.75) is 6.42 Å². The van der Waals surface area contributed by atoms with E-state index >= 15 is 0 Å². The number of hydrogen-bond acceptors (Lipinski definition) is 5. The zero-order valence-electron chi connectivity index (χ0n) is 15.9. The highest BCUT2D eigenvalue weighted by molar-refractivity contribution is 5.81. The van der Waals surface area contributed by atoms with E-state index in [1.54, 1.807) is 29.0 Å². The number of nitriles is 1. The van der Waals surface area contributed by atoms with E-state index < -0.39 is 0 Å². The van der Waals surface area contributed by atoms with Crippen molar-refractivity contribution in [3.63, 3.8) is 0 Å². The Bertz CT molecular complexity index is 1380. The van der Waals surface area contributed by atoms with Crippen molar-refractivity contribution in [2.75, 3.05) is 0 Å². The molecular formula is C24H16N4O2. The van der Waals surface area contributed by atoms with Gasteiger partial charge in [-0.2, -0.15) is 5.26 Å². The van der Waals surface area contributed by atoms with Crippen molar-refractivity contribution in [2.24, 2.45) is 0 Å². The minimum absolute atomic E-state index is 0.0247. The number of aromatic hydroxyl groups is 1. The first-order valence-electron chi connectivity index (χ1n) is 9.43. The van der Waals surface area contributed by atoms with Gasteiger partial charge < -0.3 is 9.52 Å². The molecule has 0 radical (unpaired) electrons. The van der Waals surface area contributed by atoms with Gasteiger partial charge in [-0.3, -0.25) is 4.40 Å². The summed E-state index contributed by atoms with van der Waals surface area (Å²) in [5.74, 6) is 0.723. The fourth-order valence-corrected chi connectivity index (χ4v) is 3.49. The SMILES string of the molecule is N#Cc1ccccc1-c1nc(-c2ccccc2)cn2c(O)c(Cc3ccco3)nc12. The number of imidazole rings is 1. The highest BCUT2D eigenvalue weighted by atomic mass is 16.3. The molecule has 5 aromatic rings. The van der Waals surface area contributed by atoms with Crippen LogP contribution < -0.4 is 0 Å². The maximum absolute atomic E-state index is 10.9. The Balaban J connectivity index is 1.79. The first-order chi connectivity index (χ1) is 14.7. The fraction of sp³-hybridized carbons (Fsp3) is 0.0417. The van der Waals surface area contributed by atoms with Crippen LogP contribution in [0.25, 0.3) is 28.2 Å². The van der Waals surface area contributed by atoms with Gasteiger partial charge in [0.15, 0.2) is 5.65 Å². The minimum Gasteiger partial charge on any atom is -0.493 e. The normalized spacial score (nSPS) is 10.9. The zero-order chi connectivity index (χ0) is 20.5. The highest BCUT2D eigenvalue weighted by Crippen LogP contribution is 2.33. The van der Waals surface area contributed by atoms with Gasteiger partial charge in [0.05, 0.1) is 30.0 Å². The molecule has 30 heavy (non-hydrogen) atoms. The van der Waals surface area contributed by atoms with Crippen LogP contribution in [0.4, 0.5) is 0 Å². The lowest BCUT2D eigenvalue weighted by Crippen LogP contribution is -1.97. The number of aromatic nitrogens is 3. The number of nitrogens with zero attached hydrogens (tertiary/aromatic N) is 4. The van der Waals surface area contributed by atoms with Crippen LogP contribution in [-0.2, 0) is 6.42 Å². The molecule has 2 aromatic carbocycles. The van der Waals surface area contributed by atoms with Crippen molar-refractivity contribution >= 4 is 5.65 Å². The molecule has 3 aromatic heterocycles. The molecular weight excluding hydrogens is 376 g/mol. The summed E-state index contributed by atoms with van der Waals surface area (Å²) in [6.07, 6.45) is 3.70. The lowest BCUT2D eigenvalue weighted by molar-refractivity contribution is 0.438. The molecule has 5 rings (SSSR count). The van der Waals surface area contributed by atoms with Crippen LogP contribution in [0, 0.1) is 11.3 Å². The summed E-state index contributed by atoms with van der Waals surface area (Å²) >= 11 is 0. The molecule has 0 saturated heterocycles. The molecule has 0 amide bonds. The first kappa shape index (κ1) is 17.7. The minimum atomic E-state index is 0.0247. The van der Waals surface area contributed by atoms with Crippen molar-refractivity contribution in [3.05, 3.63) is 96.2 Å². The molecule has 0 aliphatic heterocycles. The standard InChI is InChI=1S/C24H16N4O2/c25-14-17-9-4-5-11-19(17)22-23-27-20(13-18-10-6-12-30-18)24(29)28(23)15-21(26-22)16-7-2-1-3-8-16/h1-12,15,29H,13H2. The summed E-state index contributed by atoms with van der Waals surface area (Å²) < 4.78 is 7.04. The van der Waals surface area contributed by atoms with Crippen molar-refractivity contribution in [3.8, 4) is 34.5 Å². The Morgan fingerprint density at radius 3 is 2.53 bits per heavy atom. The number of benzene rings is 2. The third-order valence-electron chi connectivity index (χ3n) is 4.94. The van der Waals surface area contributed by atoms with E-state index in [0.29, 0.717) is 46.0 Å². The van der Waals surface area contributed by atoms with Crippen LogP contribution in [0.1, 0.15) is 17.0 Å². The fourth-order valence-electron chi connectivity index (χ4n) is 3.49. The Labute approximate surface area is 172 Å². The van der Waals surface area contributed by atoms with Gasteiger partial charge in [-0.05, 0) is 18.2 Å². The van der Waals surface area contributed by atoms with Gasteiger partial charge in [-0.25, -0.2) is 9.97 Å². The van der Waals surface area contributed by atoms with Crippen LogP contribution >= 0.6 is 0 Å². The lowest BCUT2D eigenvalue weighted by Gasteiger charge is -2.09. The highest BCUT2D eigenvalue weighted by Gasteiger charge is 2.20. The largest absolute Gasteiger partial charge is 0.493 e. The van der Waals surface area contributed by atoms with Gasteiger partial charge in [-0.1, -0.05) is 48.5 Å². The van der Waals surface area contributed by atoms with Gasteiger partial charge in [0.2, 0.25) is 5.88 Å². The third kappa shape index (κ3) is 2.99. The summed E-state index contributed by atoms with van der Waals surface area (Å²) in [5.41, 5.74) is 4.22.